The third kappa shape index (κ3) is 1.93. The molecule has 1 aromatic rings. The van der Waals surface area contributed by atoms with Crippen LogP contribution in [0.1, 0.15) is 5.56 Å². The fourth-order valence-corrected chi connectivity index (χ4v) is 1.94. The molecular weight excluding hydrogens is 204 g/mol. The van der Waals surface area contributed by atoms with Gasteiger partial charge in [-0.2, -0.15) is 0 Å². The van der Waals surface area contributed by atoms with Gasteiger partial charge in [-0.1, -0.05) is 6.07 Å². The summed E-state index contributed by atoms with van der Waals surface area (Å²) >= 11 is 0. The van der Waals surface area contributed by atoms with Crippen molar-refractivity contribution in [1.29, 1.82) is 0 Å². The Morgan fingerprint density at radius 1 is 1.36 bits per heavy atom. The molecule has 0 heterocycles. The molecule has 4 nitrogen and oxygen atoms in total. The van der Waals surface area contributed by atoms with E-state index in [2.05, 4.69) is 0 Å². The van der Waals surface area contributed by atoms with Gasteiger partial charge < -0.3 is 4.74 Å². The van der Waals surface area contributed by atoms with Crippen LogP contribution in [0.25, 0.3) is 0 Å². The predicted molar refractivity (Wildman–Crippen MR) is 51.7 cm³/mol. The highest BCUT2D eigenvalue weighted by Crippen LogP contribution is 2.24. The number of sulfone groups is 1. The maximum atomic E-state index is 11.3. The summed E-state index contributed by atoms with van der Waals surface area (Å²) in [4.78, 5) is 10.3. The van der Waals surface area contributed by atoms with Crippen molar-refractivity contribution in [3.8, 4) is 5.75 Å². The molecule has 0 radical (unpaired) electrons. The van der Waals surface area contributed by atoms with Crippen LogP contribution in [-0.2, 0) is 14.6 Å². The molecule has 0 bridgehead atoms. The molecular formula is C9H10O4S. The average molecular weight is 214 g/mol. The van der Waals surface area contributed by atoms with Gasteiger partial charge in [-0.3, -0.25) is 4.79 Å². The number of hydrogen-bond acceptors (Lipinski definition) is 4. The van der Waals surface area contributed by atoms with Crippen LogP contribution in [0, 0.1) is 6.92 Å². The molecule has 0 saturated heterocycles. The minimum atomic E-state index is -3.87. The zero-order chi connectivity index (χ0) is 10.8. The van der Waals surface area contributed by atoms with Gasteiger partial charge in [0.2, 0.25) is 15.5 Å². The molecule has 0 N–H and O–H groups in total. The molecule has 0 aliphatic rings. The molecule has 0 spiro atoms. The second kappa shape index (κ2) is 3.79. The van der Waals surface area contributed by atoms with Crippen LogP contribution in [0.15, 0.2) is 23.1 Å². The molecule has 0 aromatic heterocycles. The van der Waals surface area contributed by atoms with Crippen molar-refractivity contribution in [2.75, 3.05) is 7.11 Å². The third-order valence-electron chi connectivity index (χ3n) is 1.75. The smallest absolute Gasteiger partial charge is 0.240 e. The zero-order valence-corrected chi connectivity index (χ0v) is 8.67. The summed E-state index contributed by atoms with van der Waals surface area (Å²) in [6.07, 6.45) is 0. The van der Waals surface area contributed by atoms with Crippen LogP contribution in [0.4, 0.5) is 0 Å². The standard InChI is InChI=1S/C9H10O4S/c1-7-3-4-8(13-2)9(5-7)14(11,12)6-10/h3-6H,1-2H3. The second-order valence-corrected chi connectivity index (χ2v) is 4.52. The lowest BCUT2D eigenvalue weighted by molar-refractivity contribution is 0.403. The van der Waals surface area contributed by atoms with E-state index in [1.807, 2.05) is 0 Å². The number of methoxy groups -OCH3 is 1. The number of aryl methyl sites for hydroxylation is 1. The zero-order valence-electron chi connectivity index (χ0n) is 7.85. The molecule has 0 fully saturated rings. The highest BCUT2D eigenvalue weighted by molar-refractivity contribution is 8.04. The van der Waals surface area contributed by atoms with E-state index in [1.165, 1.54) is 19.2 Å². The lowest BCUT2D eigenvalue weighted by atomic mass is 10.2. The molecule has 76 valence electrons. The fraction of sp³-hybridized carbons (Fsp3) is 0.222. The summed E-state index contributed by atoms with van der Waals surface area (Å²) in [5.41, 5.74) is 0.677. The third-order valence-corrected chi connectivity index (χ3v) is 2.94. The SMILES string of the molecule is COc1ccc(C)cc1S(=O)(=O)C=O. The molecule has 1 rings (SSSR count). The Balaban J connectivity index is 3.46. The number of benzene rings is 1. The first-order valence-electron chi connectivity index (χ1n) is 3.86. The van der Waals surface area contributed by atoms with Crippen molar-refractivity contribution < 1.29 is 17.9 Å². The average Bonchev–Trinajstić information content (AvgIpc) is 2.18. The van der Waals surface area contributed by atoms with E-state index in [0.29, 0.717) is 0 Å². The number of carbonyl (C=O) groups is 1. The van der Waals surface area contributed by atoms with E-state index in [9.17, 15) is 13.2 Å². The predicted octanol–water partition coefficient (Wildman–Crippen LogP) is 0.968. The second-order valence-electron chi connectivity index (χ2n) is 2.80. The Morgan fingerprint density at radius 2 is 2.00 bits per heavy atom. The van der Waals surface area contributed by atoms with Crippen LogP contribution in [0.5, 0.6) is 5.75 Å². The van der Waals surface area contributed by atoms with E-state index < -0.39 is 9.84 Å². The molecule has 14 heavy (non-hydrogen) atoms. The van der Waals surface area contributed by atoms with Crippen LogP contribution >= 0.6 is 0 Å². The molecule has 0 amide bonds. The topological polar surface area (TPSA) is 60.4 Å². The van der Waals surface area contributed by atoms with Crippen molar-refractivity contribution in [2.24, 2.45) is 0 Å². The number of carbonyl (C=O) groups excluding carboxylic acids is 1. The summed E-state index contributed by atoms with van der Waals surface area (Å²) in [5.74, 6) is 0.183. The lowest BCUT2D eigenvalue weighted by Crippen LogP contribution is -2.04. The van der Waals surface area contributed by atoms with Crippen LogP contribution in [0.2, 0.25) is 0 Å². The Hall–Kier alpha value is -1.36. The van der Waals surface area contributed by atoms with Gasteiger partial charge in [-0.25, -0.2) is 8.42 Å². The Morgan fingerprint density at radius 3 is 2.50 bits per heavy atom. The van der Waals surface area contributed by atoms with E-state index in [4.69, 9.17) is 4.74 Å². The highest BCUT2D eigenvalue weighted by atomic mass is 32.2. The first-order chi connectivity index (χ1) is 6.51. The minimum Gasteiger partial charge on any atom is -0.495 e. The summed E-state index contributed by atoms with van der Waals surface area (Å²) in [7, 11) is -2.51. The normalized spacial score (nSPS) is 11.0. The fourth-order valence-electron chi connectivity index (χ4n) is 1.06. The van der Waals surface area contributed by atoms with Gasteiger partial charge in [-0.15, -0.1) is 0 Å². The van der Waals surface area contributed by atoms with Gasteiger partial charge in [0.15, 0.2) is 0 Å². The monoisotopic (exact) mass is 214 g/mol. The molecule has 0 saturated carbocycles. The summed E-state index contributed by atoms with van der Waals surface area (Å²) in [5, 5.41) is 0. The van der Waals surface area contributed by atoms with E-state index in [0.717, 1.165) is 5.56 Å². The maximum absolute atomic E-state index is 11.3. The first-order valence-corrected chi connectivity index (χ1v) is 5.41. The number of ether oxygens (including phenoxy) is 1. The van der Waals surface area contributed by atoms with Crippen LogP contribution < -0.4 is 4.74 Å². The van der Waals surface area contributed by atoms with E-state index in [1.54, 1.807) is 13.0 Å². The largest absolute Gasteiger partial charge is 0.495 e. The van der Waals surface area contributed by atoms with Crippen LogP contribution in [-0.4, -0.2) is 21.1 Å². The Kier molecular flexibility index (Phi) is 2.90. The summed E-state index contributed by atoms with van der Waals surface area (Å²) in [6.45, 7) is 1.74. The van der Waals surface area contributed by atoms with Crippen molar-refractivity contribution >= 4 is 15.5 Å². The number of hydrogen-bond donors (Lipinski definition) is 0. The van der Waals surface area contributed by atoms with Gasteiger partial charge >= 0.3 is 0 Å². The number of rotatable bonds is 3. The molecule has 0 unspecified atom stereocenters. The molecule has 1 aromatic carbocycles. The van der Waals surface area contributed by atoms with Crippen LogP contribution in [0.3, 0.4) is 0 Å². The minimum absolute atomic E-state index is 0.0791. The quantitative estimate of drug-likeness (QED) is 0.703. The van der Waals surface area contributed by atoms with Crippen molar-refractivity contribution in [3.05, 3.63) is 23.8 Å². The molecule has 0 aliphatic heterocycles. The van der Waals surface area contributed by atoms with E-state index in [-0.39, 0.29) is 16.3 Å². The summed E-state index contributed by atoms with van der Waals surface area (Å²) in [6, 6.07) is 4.64. The van der Waals surface area contributed by atoms with E-state index >= 15 is 0 Å². The lowest BCUT2D eigenvalue weighted by Gasteiger charge is -2.06. The molecule has 0 aliphatic carbocycles. The van der Waals surface area contributed by atoms with Gasteiger partial charge in [-0.05, 0) is 24.6 Å². The highest BCUT2D eigenvalue weighted by Gasteiger charge is 2.18. The Labute approximate surface area is 82.4 Å². The van der Waals surface area contributed by atoms with Gasteiger partial charge in [0.25, 0.3) is 0 Å². The van der Waals surface area contributed by atoms with Gasteiger partial charge in [0.05, 0.1) is 7.11 Å². The summed E-state index contributed by atoms with van der Waals surface area (Å²) < 4.78 is 27.4. The molecule has 5 heteroatoms. The van der Waals surface area contributed by atoms with Gasteiger partial charge in [0, 0.05) is 0 Å². The van der Waals surface area contributed by atoms with Crippen molar-refractivity contribution in [3.63, 3.8) is 0 Å². The first kappa shape index (κ1) is 10.7. The van der Waals surface area contributed by atoms with Gasteiger partial charge in [0.1, 0.15) is 10.6 Å². The Bertz CT molecular complexity index is 448. The van der Waals surface area contributed by atoms with Crippen molar-refractivity contribution in [2.45, 2.75) is 11.8 Å². The maximum Gasteiger partial charge on any atom is 0.240 e. The van der Waals surface area contributed by atoms with Crippen molar-refractivity contribution in [1.82, 2.24) is 0 Å². The molecule has 0 atom stereocenters.